The molecule has 0 aromatic carbocycles. The van der Waals surface area contributed by atoms with Crippen molar-refractivity contribution in [2.24, 2.45) is 0 Å². The number of nitrogens with zero attached hydrogens (tertiary/aromatic N) is 1. The Hall–Kier alpha value is -1.91. The Kier molecular flexibility index (Phi) is 4.44. The molecule has 0 aliphatic heterocycles. The lowest BCUT2D eigenvalue weighted by molar-refractivity contribution is -0.141. The molecule has 1 aromatic heterocycles. The lowest BCUT2D eigenvalue weighted by atomic mass is 9.93. The molecule has 0 aliphatic carbocycles. The molecule has 1 rings (SSSR count). The number of rotatable bonds is 5. The summed E-state index contributed by atoms with van der Waals surface area (Å²) in [5.41, 5.74) is 0.780. The zero-order valence-corrected chi connectivity index (χ0v) is 8.92. The molecule has 0 amide bonds. The van der Waals surface area contributed by atoms with Crippen molar-refractivity contribution in [1.29, 1.82) is 0 Å². The summed E-state index contributed by atoms with van der Waals surface area (Å²) in [5.74, 6) is -1.72. The van der Waals surface area contributed by atoms with Crippen LogP contribution in [0.4, 0.5) is 0 Å². The van der Waals surface area contributed by atoms with Gasteiger partial charge in [0.25, 0.3) is 0 Å². The van der Waals surface area contributed by atoms with Gasteiger partial charge in [0.2, 0.25) is 0 Å². The monoisotopic (exact) mass is 223 g/mol. The third kappa shape index (κ3) is 3.68. The van der Waals surface area contributed by atoms with E-state index in [1.54, 1.807) is 24.5 Å². The van der Waals surface area contributed by atoms with E-state index in [-0.39, 0.29) is 18.8 Å². The van der Waals surface area contributed by atoms with E-state index in [2.05, 4.69) is 9.72 Å². The molecule has 5 nitrogen and oxygen atoms in total. The molecule has 1 heterocycles. The first-order valence-electron chi connectivity index (χ1n) is 4.82. The van der Waals surface area contributed by atoms with Crippen LogP contribution >= 0.6 is 0 Å². The Morgan fingerprint density at radius 3 is 2.50 bits per heavy atom. The molecule has 5 heteroatoms. The van der Waals surface area contributed by atoms with E-state index >= 15 is 0 Å². The predicted octanol–water partition coefficient (Wildman–Crippen LogP) is 1.20. The van der Waals surface area contributed by atoms with Gasteiger partial charge < -0.3 is 9.84 Å². The van der Waals surface area contributed by atoms with Crippen LogP contribution in [0.25, 0.3) is 0 Å². The van der Waals surface area contributed by atoms with E-state index in [1.807, 2.05) is 0 Å². The van der Waals surface area contributed by atoms with Crippen LogP contribution in [0.1, 0.15) is 24.3 Å². The number of methoxy groups -OCH3 is 1. The number of aromatic nitrogens is 1. The summed E-state index contributed by atoms with van der Waals surface area (Å²) >= 11 is 0. The Morgan fingerprint density at radius 2 is 2.00 bits per heavy atom. The van der Waals surface area contributed by atoms with Crippen molar-refractivity contribution in [3.05, 3.63) is 30.1 Å². The van der Waals surface area contributed by atoms with Crippen LogP contribution in [0.5, 0.6) is 0 Å². The van der Waals surface area contributed by atoms with Gasteiger partial charge in [-0.3, -0.25) is 14.6 Å². The third-order valence-electron chi connectivity index (χ3n) is 2.24. The van der Waals surface area contributed by atoms with E-state index in [0.29, 0.717) is 0 Å². The maximum absolute atomic E-state index is 11.1. The number of esters is 1. The average molecular weight is 223 g/mol. The van der Waals surface area contributed by atoms with E-state index in [4.69, 9.17) is 5.11 Å². The zero-order valence-electron chi connectivity index (χ0n) is 8.92. The summed E-state index contributed by atoms with van der Waals surface area (Å²) in [5, 5.41) is 8.76. The van der Waals surface area contributed by atoms with Gasteiger partial charge in [0.15, 0.2) is 0 Å². The highest BCUT2D eigenvalue weighted by Crippen LogP contribution is 2.23. The Balaban J connectivity index is 2.79. The van der Waals surface area contributed by atoms with Crippen molar-refractivity contribution in [3.63, 3.8) is 0 Å². The summed E-state index contributed by atoms with van der Waals surface area (Å²) in [7, 11) is 1.28. The molecule has 0 aliphatic rings. The summed E-state index contributed by atoms with van der Waals surface area (Å²) in [4.78, 5) is 25.7. The van der Waals surface area contributed by atoms with Gasteiger partial charge in [0, 0.05) is 18.3 Å². The van der Waals surface area contributed by atoms with Crippen LogP contribution < -0.4 is 0 Å². The molecular weight excluding hydrogens is 210 g/mol. The summed E-state index contributed by atoms with van der Waals surface area (Å²) < 4.78 is 4.54. The number of carboxylic acid groups (broad SMARTS) is 1. The molecule has 0 saturated heterocycles. The second-order valence-electron chi connectivity index (χ2n) is 3.36. The first kappa shape index (κ1) is 12.2. The van der Waals surface area contributed by atoms with Crippen molar-refractivity contribution in [1.82, 2.24) is 4.98 Å². The van der Waals surface area contributed by atoms with Crippen LogP contribution in [0, 0.1) is 0 Å². The fraction of sp³-hybridized carbons (Fsp3) is 0.364. The molecule has 1 unspecified atom stereocenters. The van der Waals surface area contributed by atoms with Crippen LogP contribution in [0.15, 0.2) is 24.5 Å². The van der Waals surface area contributed by atoms with Gasteiger partial charge in [-0.15, -0.1) is 0 Å². The topological polar surface area (TPSA) is 76.5 Å². The van der Waals surface area contributed by atoms with Crippen LogP contribution in [-0.4, -0.2) is 29.1 Å². The zero-order chi connectivity index (χ0) is 12.0. The third-order valence-corrected chi connectivity index (χ3v) is 2.24. The smallest absolute Gasteiger partial charge is 0.306 e. The lowest BCUT2D eigenvalue weighted by Gasteiger charge is -2.13. The maximum atomic E-state index is 11.1. The van der Waals surface area contributed by atoms with Crippen LogP contribution in [0.3, 0.4) is 0 Å². The molecule has 1 atom stereocenters. The number of aliphatic carboxylic acids is 1. The van der Waals surface area contributed by atoms with Crippen LogP contribution in [0.2, 0.25) is 0 Å². The molecule has 86 valence electrons. The molecule has 16 heavy (non-hydrogen) atoms. The normalized spacial score (nSPS) is 11.8. The molecule has 0 fully saturated rings. The highest BCUT2D eigenvalue weighted by atomic mass is 16.5. The van der Waals surface area contributed by atoms with Crippen molar-refractivity contribution < 1.29 is 19.4 Å². The number of carboxylic acids is 1. The lowest BCUT2D eigenvalue weighted by Crippen LogP contribution is -2.12. The molecule has 1 aromatic rings. The highest BCUT2D eigenvalue weighted by Gasteiger charge is 2.19. The highest BCUT2D eigenvalue weighted by molar-refractivity contribution is 5.73. The average Bonchev–Trinajstić information content (AvgIpc) is 2.28. The predicted molar refractivity (Wildman–Crippen MR) is 55.9 cm³/mol. The van der Waals surface area contributed by atoms with Crippen molar-refractivity contribution in [3.8, 4) is 0 Å². The maximum Gasteiger partial charge on any atom is 0.306 e. The van der Waals surface area contributed by atoms with Gasteiger partial charge in [-0.2, -0.15) is 0 Å². The largest absolute Gasteiger partial charge is 0.481 e. The van der Waals surface area contributed by atoms with Gasteiger partial charge in [-0.25, -0.2) is 0 Å². The van der Waals surface area contributed by atoms with E-state index < -0.39 is 11.9 Å². The Bertz CT molecular complexity index is 364. The number of carbonyl (C=O) groups excluding carboxylic acids is 1. The van der Waals surface area contributed by atoms with Gasteiger partial charge in [-0.1, -0.05) is 0 Å². The van der Waals surface area contributed by atoms with E-state index in [9.17, 15) is 9.59 Å². The van der Waals surface area contributed by atoms with Gasteiger partial charge >= 0.3 is 11.9 Å². The summed E-state index contributed by atoms with van der Waals surface area (Å²) in [6, 6.07) is 3.41. The quantitative estimate of drug-likeness (QED) is 0.759. The minimum atomic E-state index is -0.939. The number of hydrogen-bond acceptors (Lipinski definition) is 4. The second-order valence-corrected chi connectivity index (χ2v) is 3.36. The fourth-order valence-corrected chi connectivity index (χ4v) is 1.44. The van der Waals surface area contributed by atoms with Crippen molar-refractivity contribution in [2.45, 2.75) is 18.8 Å². The number of carbonyl (C=O) groups is 2. The minimum absolute atomic E-state index is 0.0623. The molecule has 1 N–H and O–H groups in total. The van der Waals surface area contributed by atoms with E-state index in [1.165, 1.54) is 7.11 Å². The summed E-state index contributed by atoms with van der Waals surface area (Å²) in [6.07, 6.45) is 3.11. The number of ether oxygens (including phenoxy) is 1. The van der Waals surface area contributed by atoms with Crippen molar-refractivity contribution in [2.75, 3.05) is 7.11 Å². The Labute approximate surface area is 93.1 Å². The SMILES string of the molecule is COC(=O)CC(CC(=O)O)c1ccncc1. The molecule has 0 spiro atoms. The van der Waals surface area contributed by atoms with Gasteiger partial charge in [0.1, 0.15) is 0 Å². The standard InChI is InChI=1S/C11H13NO4/c1-16-11(15)7-9(6-10(13)14)8-2-4-12-5-3-8/h2-5,9H,6-7H2,1H3,(H,13,14). The number of hydrogen-bond donors (Lipinski definition) is 1. The van der Waals surface area contributed by atoms with Crippen LogP contribution in [-0.2, 0) is 14.3 Å². The Morgan fingerprint density at radius 1 is 1.38 bits per heavy atom. The fourth-order valence-electron chi connectivity index (χ4n) is 1.44. The summed E-state index contributed by atoms with van der Waals surface area (Å²) in [6.45, 7) is 0. The van der Waals surface area contributed by atoms with E-state index in [0.717, 1.165) is 5.56 Å². The molecule has 0 bridgehead atoms. The van der Waals surface area contributed by atoms with Gasteiger partial charge in [0.05, 0.1) is 20.0 Å². The molecular formula is C11H13NO4. The second kappa shape index (κ2) is 5.85. The molecule has 0 radical (unpaired) electrons. The minimum Gasteiger partial charge on any atom is -0.481 e. The molecule has 0 saturated carbocycles. The number of pyridine rings is 1. The van der Waals surface area contributed by atoms with Gasteiger partial charge in [-0.05, 0) is 17.7 Å². The first-order valence-corrected chi connectivity index (χ1v) is 4.82. The first-order chi connectivity index (χ1) is 7.63. The van der Waals surface area contributed by atoms with Crippen molar-refractivity contribution >= 4 is 11.9 Å².